The number of alkyl halides is 7. The summed E-state index contributed by atoms with van der Waals surface area (Å²) in [4.78, 5) is 0. The van der Waals surface area contributed by atoms with Crippen LogP contribution >= 0.6 is 0 Å². The molecule has 0 aliphatic carbocycles. The number of hydrogen-bond donors (Lipinski definition) is 0. The maximum atomic E-state index is 12.9. The van der Waals surface area contributed by atoms with Crippen LogP contribution in [0.3, 0.4) is 0 Å². The molecule has 2 unspecified atom stereocenters. The molecule has 2 atom stereocenters. The summed E-state index contributed by atoms with van der Waals surface area (Å²) < 4.78 is 92.2. The number of rotatable bonds is 7. The Morgan fingerprint density at radius 2 is 1.62 bits per heavy atom. The molecule has 0 bridgehead atoms. The third kappa shape index (κ3) is 3.78. The Kier molecular flexibility index (Phi) is 5.47. The predicted molar refractivity (Wildman–Crippen MR) is 38.4 cm³/mol. The fraction of sp³-hybridized carbons (Fsp3) is 1.00. The lowest BCUT2D eigenvalue weighted by Gasteiger charge is -2.30. The molecule has 0 spiro atoms. The van der Waals surface area contributed by atoms with Gasteiger partial charge in [-0.15, -0.1) is 0 Å². The van der Waals surface area contributed by atoms with E-state index in [1.807, 2.05) is 0 Å². The molecule has 0 aromatic heterocycles. The Morgan fingerprint density at radius 3 is 1.94 bits per heavy atom. The molecule has 0 radical (unpaired) electrons. The van der Waals surface area contributed by atoms with Crippen LogP contribution in [0.25, 0.3) is 0 Å². The molecule has 0 rings (SSSR count). The van der Waals surface area contributed by atoms with Gasteiger partial charge in [-0.1, -0.05) is 0 Å². The van der Waals surface area contributed by atoms with Crippen molar-refractivity contribution in [1.29, 1.82) is 0 Å². The number of ether oxygens (including phenoxy) is 2. The molecule has 2 nitrogen and oxygen atoms in total. The second kappa shape index (κ2) is 5.67. The normalized spacial score (nSPS) is 18.6. The van der Waals surface area contributed by atoms with Crippen LogP contribution in [0.4, 0.5) is 30.7 Å². The zero-order valence-electron chi connectivity index (χ0n) is 8.03. The van der Waals surface area contributed by atoms with E-state index in [4.69, 9.17) is 0 Å². The van der Waals surface area contributed by atoms with Crippen LogP contribution in [0.2, 0.25) is 0 Å². The van der Waals surface area contributed by atoms with Crippen LogP contribution in [0.5, 0.6) is 0 Å². The van der Waals surface area contributed by atoms with Crippen molar-refractivity contribution in [1.82, 2.24) is 0 Å². The zero-order chi connectivity index (χ0) is 13.0. The minimum absolute atomic E-state index is 0.0767. The van der Waals surface area contributed by atoms with Crippen molar-refractivity contribution in [3.05, 3.63) is 0 Å². The lowest BCUT2D eigenvalue weighted by molar-refractivity contribution is -0.400. The Balaban J connectivity index is 4.65. The molecule has 0 aromatic carbocycles. The summed E-state index contributed by atoms with van der Waals surface area (Å²) in [6.45, 7) is -3.78. The van der Waals surface area contributed by atoms with Gasteiger partial charge in [-0.25, -0.2) is 22.0 Å². The van der Waals surface area contributed by atoms with Gasteiger partial charge in [-0.05, 0) is 0 Å². The molecule has 98 valence electrons. The lowest BCUT2D eigenvalue weighted by Crippen LogP contribution is -2.49. The molecule has 9 heteroatoms. The van der Waals surface area contributed by atoms with E-state index < -0.39 is 38.0 Å². The van der Waals surface area contributed by atoms with E-state index in [0.29, 0.717) is 0 Å². The van der Waals surface area contributed by atoms with Gasteiger partial charge >= 0.3 is 6.11 Å². The fourth-order valence-corrected chi connectivity index (χ4v) is 0.632. The average molecular weight is 258 g/mol. The first kappa shape index (κ1) is 15.4. The average Bonchev–Trinajstić information content (AvgIpc) is 2.13. The van der Waals surface area contributed by atoms with Crippen LogP contribution in [0.15, 0.2) is 0 Å². The molecule has 16 heavy (non-hydrogen) atoms. The van der Waals surface area contributed by atoms with Gasteiger partial charge < -0.3 is 9.47 Å². The molecule has 0 heterocycles. The van der Waals surface area contributed by atoms with Crippen molar-refractivity contribution < 1.29 is 40.2 Å². The second-order valence-electron chi connectivity index (χ2n) is 2.83. The van der Waals surface area contributed by atoms with Gasteiger partial charge in [0.25, 0.3) is 12.3 Å². The van der Waals surface area contributed by atoms with Gasteiger partial charge in [0.15, 0.2) is 13.0 Å². The summed E-state index contributed by atoms with van der Waals surface area (Å²) in [5, 5.41) is 0. The Labute approximate surface area is 86.3 Å². The zero-order valence-corrected chi connectivity index (χ0v) is 8.03. The van der Waals surface area contributed by atoms with Gasteiger partial charge in [0.1, 0.15) is 6.67 Å². The predicted octanol–water partition coefficient (Wildman–Crippen LogP) is 2.83. The largest absolute Gasteiger partial charge is 0.414 e. The third-order valence-corrected chi connectivity index (χ3v) is 1.58. The molecular formula is C7H9F7O2. The summed E-state index contributed by atoms with van der Waals surface area (Å²) in [5.74, 6) is -3.97. The summed E-state index contributed by atoms with van der Waals surface area (Å²) >= 11 is 0. The Morgan fingerprint density at radius 1 is 1.12 bits per heavy atom. The van der Waals surface area contributed by atoms with Crippen molar-refractivity contribution in [3.63, 3.8) is 0 Å². The quantitative estimate of drug-likeness (QED) is 0.654. The first-order valence-corrected chi connectivity index (χ1v) is 3.96. The first-order valence-electron chi connectivity index (χ1n) is 3.96. The first-order chi connectivity index (χ1) is 7.18. The summed E-state index contributed by atoms with van der Waals surface area (Å²) in [6, 6.07) is 0. The summed E-state index contributed by atoms with van der Waals surface area (Å²) in [5.41, 5.74) is 0. The summed E-state index contributed by atoms with van der Waals surface area (Å²) in [6.07, 6.45) is -11.3. The molecule has 0 saturated heterocycles. The molecule has 0 aliphatic rings. The highest BCUT2D eigenvalue weighted by molar-refractivity contribution is 4.75. The monoisotopic (exact) mass is 258 g/mol. The van der Waals surface area contributed by atoms with E-state index in [-0.39, 0.29) is 6.92 Å². The van der Waals surface area contributed by atoms with E-state index in [2.05, 4.69) is 9.47 Å². The van der Waals surface area contributed by atoms with Crippen LogP contribution in [0.1, 0.15) is 6.92 Å². The van der Waals surface area contributed by atoms with Crippen molar-refractivity contribution in [2.24, 2.45) is 0 Å². The van der Waals surface area contributed by atoms with Gasteiger partial charge in [-0.2, -0.15) is 8.78 Å². The molecule has 0 aromatic rings. The van der Waals surface area contributed by atoms with Gasteiger partial charge in [0.05, 0.1) is 0 Å². The van der Waals surface area contributed by atoms with Gasteiger partial charge in [0.2, 0.25) is 0 Å². The highest BCUT2D eigenvalue weighted by Crippen LogP contribution is 2.36. The van der Waals surface area contributed by atoms with Crippen molar-refractivity contribution in [2.75, 3.05) is 13.5 Å². The molecule has 0 saturated carbocycles. The van der Waals surface area contributed by atoms with Crippen molar-refractivity contribution >= 4 is 0 Å². The third-order valence-electron chi connectivity index (χ3n) is 1.58. The van der Waals surface area contributed by atoms with E-state index in [1.165, 1.54) is 0 Å². The van der Waals surface area contributed by atoms with E-state index in [0.717, 1.165) is 0 Å². The fourth-order valence-electron chi connectivity index (χ4n) is 0.632. The van der Waals surface area contributed by atoms with Crippen molar-refractivity contribution in [2.45, 2.75) is 31.4 Å². The van der Waals surface area contributed by atoms with Gasteiger partial charge in [-0.3, -0.25) is 0 Å². The van der Waals surface area contributed by atoms with E-state index >= 15 is 0 Å². The van der Waals surface area contributed by atoms with Crippen LogP contribution in [-0.2, 0) is 9.47 Å². The smallest absolute Gasteiger partial charge is 0.307 e. The molecule has 0 N–H and O–H groups in total. The van der Waals surface area contributed by atoms with Crippen LogP contribution < -0.4 is 0 Å². The summed E-state index contributed by atoms with van der Waals surface area (Å²) in [7, 11) is 0. The lowest BCUT2D eigenvalue weighted by atomic mass is 10.3. The number of hydrogen-bond acceptors (Lipinski definition) is 2. The molecule has 0 fully saturated rings. The Hall–Kier alpha value is -0.570. The molecule has 0 amide bonds. The maximum absolute atomic E-state index is 12.9. The van der Waals surface area contributed by atoms with Crippen molar-refractivity contribution in [3.8, 4) is 0 Å². The highest BCUT2D eigenvalue weighted by atomic mass is 19.3. The van der Waals surface area contributed by atoms with E-state index in [9.17, 15) is 30.7 Å². The molecule has 0 aliphatic heterocycles. The minimum atomic E-state index is -4.90. The van der Waals surface area contributed by atoms with Crippen LogP contribution in [0, 0.1) is 0 Å². The minimum Gasteiger partial charge on any atom is -0.307 e. The Bertz CT molecular complexity index is 209. The SMILES string of the molecule is CC(F)(OCF)C(F)(F)OC(CF)C(F)F. The topological polar surface area (TPSA) is 18.5 Å². The number of halogens is 7. The highest BCUT2D eigenvalue weighted by Gasteiger charge is 2.56. The van der Waals surface area contributed by atoms with Crippen LogP contribution in [-0.4, -0.2) is 38.0 Å². The maximum Gasteiger partial charge on any atom is 0.414 e. The standard InChI is InChI=1S/C7H9F7O2/c1-6(12,15-3-9)7(13,14)16-4(2-8)5(10)11/h4-5H,2-3H2,1H3. The second-order valence-corrected chi connectivity index (χ2v) is 2.83. The van der Waals surface area contributed by atoms with E-state index in [1.54, 1.807) is 0 Å². The van der Waals surface area contributed by atoms with Gasteiger partial charge in [0, 0.05) is 6.92 Å². The molecular weight excluding hydrogens is 249 g/mol.